The Hall–Kier alpha value is -0.861. The first-order valence-electron chi connectivity index (χ1n) is 3.10. The van der Waals surface area contributed by atoms with Crippen molar-refractivity contribution in [3.05, 3.63) is 34.8 Å². The van der Waals surface area contributed by atoms with Crippen LogP contribution in [0.25, 0.3) is 0 Å². The van der Waals surface area contributed by atoms with Gasteiger partial charge in [-0.25, -0.2) is 0 Å². The molecule has 1 rings (SSSR count). The summed E-state index contributed by atoms with van der Waals surface area (Å²) in [7, 11) is 0. The first kappa shape index (κ1) is 8.24. The van der Waals surface area contributed by atoms with E-state index < -0.39 is 0 Å². The van der Waals surface area contributed by atoms with E-state index in [1.807, 2.05) is 0 Å². The van der Waals surface area contributed by atoms with Crippen LogP contribution in [0.15, 0.2) is 23.6 Å². The molecule has 0 aliphatic carbocycles. The summed E-state index contributed by atoms with van der Waals surface area (Å²) in [6.45, 7) is 3.53. The van der Waals surface area contributed by atoms with Crippen LogP contribution in [0, 0.1) is 0 Å². The topological polar surface area (TPSA) is 45.8 Å². The van der Waals surface area contributed by atoms with E-state index in [1.165, 1.54) is 0 Å². The molecule has 0 aromatic carbocycles. The van der Waals surface area contributed by atoms with E-state index in [0.29, 0.717) is 16.7 Å². The average molecular weight is 214 g/mol. The van der Waals surface area contributed by atoms with Crippen molar-refractivity contribution in [2.75, 3.05) is 0 Å². The summed E-state index contributed by atoms with van der Waals surface area (Å²) in [6.07, 6.45) is 3.78. The molecule has 4 heteroatoms. The van der Waals surface area contributed by atoms with Gasteiger partial charge in [0.05, 0.1) is 0 Å². The molecule has 0 amide bonds. The molecule has 1 heterocycles. The van der Waals surface area contributed by atoms with Gasteiger partial charge in [0.15, 0.2) is 0 Å². The van der Waals surface area contributed by atoms with E-state index in [-0.39, 0.29) is 5.56 Å². The van der Waals surface area contributed by atoms with E-state index >= 15 is 0 Å². The van der Waals surface area contributed by atoms with Crippen LogP contribution in [-0.2, 0) is 6.42 Å². The Balaban J connectivity index is 3.09. The maximum absolute atomic E-state index is 11.1. The van der Waals surface area contributed by atoms with E-state index in [2.05, 4.69) is 32.6 Å². The van der Waals surface area contributed by atoms with Crippen LogP contribution in [-0.4, -0.2) is 26.0 Å². The number of allylic oxidation sites excluding steroid dienone is 1. The number of nitrogens with one attached hydrogen (secondary N) is 1. The third-order valence-corrected chi connectivity index (χ3v) is 1.65. The summed E-state index contributed by atoms with van der Waals surface area (Å²) in [5, 5.41) is 0. The Morgan fingerprint density at radius 2 is 2.55 bits per heavy atom. The molecule has 0 atom stereocenters. The Bertz CT molecular complexity index is 318. The number of H-pyrrole nitrogens is 1. The molecule has 1 aromatic heterocycles. The second kappa shape index (κ2) is 3.51. The Labute approximate surface area is 72.4 Å². The van der Waals surface area contributed by atoms with Crippen LogP contribution in [0.4, 0.5) is 0 Å². The van der Waals surface area contributed by atoms with Crippen molar-refractivity contribution in [3.8, 4) is 0 Å². The minimum atomic E-state index is -0.103. The molecule has 57 valence electrons. The quantitative estimate of drug-likeness (QED) is 0.522. The van der Waals surface area contributed by atoms with Crippen LogP contribution in [0.1, 0.15) is 5.56 Å². The van der Waals surface area contributed by atoms with Crippen LogP contribution in [0.3, 0.4) is 0 Å². The van der Waals surface area contributed by atoms with Crippen LogP contribution >= 0.6 is 0 Å². The molecule has 3 nitrogen and oxygen atoms in total. The predicted molar refractivity (Wildman–Crippen MR) is 44.1 cm³/mol. The molecule has 0 aliphatic rings. The van der Waals surface area contributed by atoms with Gasteiger partial charge in [-0.3, -0.25) is 0 Å². The molecule has 1 radical (unpaired) electrons. The molecule has 0 aliphatic heterocycles. The number of aromatic amines is 1. The molecule has 11 heavy (non-hydrogen) atoms. The summed E-state index contributed by atoms with van der Waals surface area (Å²) in [6, 6.07) is 0. The minimum absolute atomic E-state index is 0.103. The summed E-state index contributed by atoms with van der Waals surface area (Å²) in [5.41, 5.74) is 0.535. The molecule has 0 saturated carbocycles. The molecule has 0 unspecified atom stereocenters. The summed E-state index contributed by atoms with van der Waals surface area (Å²) < 4.78 is 0.516. The van der Waals surface area contributed by atoms with Crippen molar-refractivity contribution in [1.82, 2.24) is 9.97 Å². The number of hydrogen-bond acceptors (Lipinski definition) is 2. The number of hydrogen-bond donors (Lipinski definition) is 1. The monoisotopic (exact) mass is 215 g/mol. The number of nitrogens with zero attached hydrogens (tertiary/aromatic N) is 1. The van der Waals surface area contributed by atoms with Gasteiger partial charge < -0.3 is 0 Å². The van der Waals surface area contributed by atoms with E-state index in [0.717, 1.165) is 0 Å². The van der Waals surface area contributed by atoms with Gasteiger partial charge in [0.25, 0.3) is 0 Å². The second-order valence-corrected chi connectivity index (χ2v) is 2.85. The van der Waals surface area contributed by atoms with Crippen molar-refractivity contribution < 1.29 is 0 Å². The zero-order chi connectivity index (χ0) is 8.27. The van der Waals surface area contributed by atoms with Crippen LogP contribution < -0.4 is 10.3 Å². The first-order valence-corrected chi connectivity index (χ1v) is 3.96. The third-order valence-electron chi connectivity index (χ3n) is 1.21. The standard InChI is InChI=1S/C7H7N2OSe/c1-2-3-5-4-8-7(11)9-6(5)10/h2,4H,1,3H2,(H,8,9,10). The second-order valence-electron chi connectivity index (χ2n) is 2.04. The molecular weight excluding hydrogens is 207 g/mol. The van der Waals surface area contributed by atoms with Crippen molar-refractivity contribution in [1.29, 1.82) is 0 Å². The normalized spacial score (nSPS) is 9.45. The predicted octanol–water partition coefficient (Wildman–Crippen LogP) is -0.708. The third kappa shape index (κ3) is 2.03. The van der Waals surface area contributed by atoms with E-state index in [4.69, 9.17) is 0 Å². The van der Waals surface area contributed by atoms with Crippen LogP contribution in [0.5, 0.6) is 0 Å². The van der Waals surface area contributed by atoms with Crippen LogP contribution in [0.2, 0.25) is 0 Å². The van der Waals surface area contributed by atoms with Crippen molar-refractivity contribution in [3.63, 3.8) is 0 Å². The van der Waals surface area contributed by atoms with Gasteiger partial charge in [-0.05, 0) is 0 Å². The first-order chi connectivity index (χ1) is 5.24. The van der Waals surface area contributed by atoms with Crippen molar-refractivity contribution >= 4 is 20.7 Å². The number of aromatic nitrogens is 2. The Morgan fingerprint density at radius 3 is 3.09 bits per heavy atom. The van der Waals surface area contributed by atoms with Gasteiger partial charge >= 0.3 is 71.9 Å². The van der Waals surface area contributed by atoms with Gasteiger partial charge in [-0.1, -0.05) is 0 Å². The zero-order valence-electron chi connectivity index (χ0n) is 5.83. The Morgan fingerprint density at radius 1 is 1.82 bits per heavy atom. The zero-order valence-corrected chi connectivity index (χ0v) is 7.55. The SMILES string of the molecule is C=CCc1cnc([Se])[nH]c1=O. The molecule has 0 saturated heterocycles. The van der Waals surface area contributed by atoms with Gasteiger partial charge in [0.2, 0.25) is 0 Å². The molecule has 0 spiro atoms. The summed E-state index contributed by atoms with van der Waals surface area (Å²) in [5.74, 6) is 0. The fraction of sp³-hybridized carbons (Fsp3) is 0.143. The fourth-order valence-electron chi connectivity index (χ4n) is 0.706. The molecule has 1 N–H and O–H groups in total. The van der Waals surface area contributed by atoms with Gasteiger partial charge in [0, 0.05) is 0 Å². The number of rotatable bonds is 2. The van der Waals surface area contributed by atoms with Crippen molar-refractivity contribution in [2.24, 2.45) is 0 Å². The van der Waals surface area contributed by atoms with Gasteiger partial charge in [-0.2, -0.15) is 0 Å². The average Bonchev–Trinajstić information content (AvgIpc) is 1.95. The maximum atomic E-state index is 11.1. The molecule has 1 aromatic rings. The van der Waals surface area contributed by atoms with E-state index in [1.54, 1.807) is 12.3 Å². The fourth-order valence-corrected chi connectivity index (χ4v) is 1.01. The Kier molecular flexibility index (Phi) is 2.63. The van der Waals surface area contributed by atoms with Crippen molar-refractivity contribution in [2.45, 2.75) is 6.42 Å². The molecule has 0 bridgehead atoms. The summed E-state index contributed by atoms with van der Waals surface area (Å²) in [4.78, 5) is 17.5. The van der Waals surface area contributed by atoms with E-state index in [9.17, 15) is 4.79 Å². The van der Waals surface area contributed by atoms with Gasteiger partial charge in [0.1, 0.15) is 0 Å². The summed E-state index contributed by atoms with van der Waals surface area (Å²) >= 11 is 2.62. The molecular formula is C7H7N2OSe. The van der Waals surface area contributed by atoms with Gasteiger partial charge in [-0.15, -0.1) is 0 Å². The molecule has 0 fully saturated rings.